The molecule has 3 rings (SSSR count). The van der Waals surface area contributed by atoms with Crippen LogP contribution in [0.4, 0.5) is 0 Å². The lowest BCUT2D eigenvalue weighted by Crippen LogP contribution is -2.44. The van der Waals surface area contributed by atoms with Gasteiger partial charge in [0.15, 0.2) is 0 Å². The molecule has 0 radical (unpaired) electrons. The highest BCUT2D eigenvalue weighted by molar-refractivity contribution is 5.57. The lowest BCUT2D eigenvalue weighted by Gasteiger charge is -2.30. The van der Waals surface area contributed by atoms with Crippen LogP contribution in [0.3, 0.4) is 0 Å². The molecule has 1 N–H and O–H groups in total. The van der Waals surface area contributed by atoms with Crippen LogP contribution in [0.5, 0.6) is 0 Å². The third-order valence-electron chi connectivity index (χ3n) is 3.78. The Kier molecular flexibility index (Phi) is 3.75. The molecule has 0 spiro atoms. The second kappa shape index (κ2) is 5.68. The van der Waals surface area contributed by atoms with Crippen molar-refractivity contribution < 1.29 is 4.52 Å². The van der Waals surface area contributed by atoms with Gasteiger partial charge in [0.2, 0.25) is 11.7 Å². The molecule has 6 heteroatoms. The van der Waals surface area contributed by atoms with Crippen molar-refractivity contribution in [3.8, 4) is 11.4 Å². The second-order valence-corrected chi connectivity index (χ2v) is 5.11. The second-order valence-electron chi connectivity index (χ2n) is 5.11. The molecule has 6 nitrogen and oxygen atoms in total. The lowest BCUT2D eigenvalue weighted by atomic mass is 10.1. The average molecular weight is 273 g/mol. The molecular formula is C14H19N5O. The molecule has 1 unspecified atom stereocenters. The molecular weight excluding hydrogens is 254 g/mol. The highest BCUT2D eigenvalue weighted by Crippen LogP contribution is 2.23. The van der Waals surface area contributed by atoms with Crippen molar-refractivity contribution in [3.05, 3.63) is 29.9 Å². The van der Waals surface area contributed by atoms with E-state index in [9.17, 15) is 0 Å². The Bertz CT molecular complexity index is 576. The fourth-order valence-electron chi connectivity index (χ4n) is 2.44. The van der Waals surface area contributed by atoms with Crippen LogP contribution in [0.1, 0.15) is 24.4 Å². The van der Waals surface area contributed by atoms with Crippen LogP contribution in [-0.2, 0) is 0 Å². The number of hydrogen-bond acceptors (Lipinski definition) is 6. The van der Waals surface area contributed by atoms with Crippen LogP contribution in [0, 0.1) is 6.92 Å². The topological polar surface area (TPSA) is 67.1 Å². The molecule has 2 aromatic rings. The molecule has 106 valence electrons. The maximum Gasteiger partial charge on any atom is 0.244 e. The molecule has 3 heterocycles. The van der Waals surface area contributed by atoms with Crippen LogP contribution in [0.2, 0.25) is 0 Å². The Morgan fingerprint density at radius 2 is 2.15 bits per heavy atom. The largest absolute Gasteiger partial charge is 0.337 e. The summed E-state index contributed by atoms with van der Waals surface area (Å²) in [6, 6.07) is 2.10. The summed E-state index contributed by atoms with van der Waals surface area (Å²) in [5, 5.41) is 7.44. The summed E-state index contributed by atoms with van der Waals surface area (Å²) in [7, 11) is 0. The van der Waals surface area contributed by atoms with E-state index < -0.39 is 0 Å². The minimum absolute atomic E-state index is 0.148. The fraction of sp³-hybridized carbons (Fsp3) is 0.500. The summed E-state index contributed by atoms with van der Waals surface area (Å²) in [5.74, 6) is 1.29. The van der Waals surface area contributed by atoms with E-state index in [1.165, 1.54) is 0 Å². The van der Waals surface area contributed by atoms with Gasteiger partial charge in [0, 0.05) is 44.1 Å². The van der Waals surface area contributed by atoms with Crippen LogP contribution in [-0.4, -0.2) is 46.2 Å². The molecule has 20 heavy (non-hydrogen) atoms. The van der Waals surface area contributed by atoms with Crippen molar-refractivity contribution >= 4 is 0 Å². The van der Waals surface area contributed by atoms with Gasteiger partial charge >= 0.3 is 0 Å². The lowest BCUT2D eigenvalue weighted by molar-refractivity contribution is 0.154. The van der Waals surface area contributed by atoms with Crippen LogP contribution in [0.15, 0.2) is 23.0 Å². The molecule has 2 aromatic heterocycles. The fourth-order valence-corrected chi connectivity index (χ4v) is 2.44. The molecule has 1 saturated heterocycles. The number of nitrogens with zero attached hydrogens (tertiary/aromatic N) is 4. The Hall–Kier alpha value is -1.79. The van der Waals surface area contributed by atoms with Gasteiger partial charge in [0.05, 0.1) is 6.04 Å². The zero-order chi connectivity index (χ0) is 13.9. The molecule has 0 bridgehead atoms. The highest BCUT2D eigenvalue weighted by atomic mass is 16.5. The zero-order valence-electron chi connectivity index (χ0n) is 11.8. The molecule has 0 aromatic carbocycles. The normalized spacial score (nSPS) is 18.1. The van der Waals surface area contributed by atoms with Gasteiger partial charge in [0.1, 0.15) is 0 Å². The molecule has 1 aliphatic heterocycles. The van der Waals surface area contributed by atoms with Gasteiger partial charge in [-0.3, -0.25) is 9.88 Å². The van der Waals surface area contributed by atoms with Crippen molar-refractivity contribution in [1.82, 2.24) is 25.3 Å². The third-order valence-corrected chi connectivity index (χ3v) is 3.78. The molecule has 0 aliphatic carbocycles. The highest BCUT2D eigenvalue weighted by Gasteiger charge is 2.23. The van der Waals surface area contributed by atoms with Crippen molar-refractivity contribution in [3.63, 3.8) is 0 Å². The van der Waals surface area contributed by atoms with E-state index >= 15 is 0 Å². The molecule has 1 atom stereocenters. The average Bonchev–Trinajstić information content (AvgIpc) is 2.97. The van der Waals surface area contributed by atoms with Crippen LogP contribution in [0.25, 0.3) is 11.4 Å². The minimum Gasteiger partial charge on any atom is -0.337 e. The van der Waals surface area contributed by atoms with Crippen molar-refractivity contribution in [2.24, 2.45) is 0 Å². The number of hydrogen-bond donors (Lipinski definition) is 1. The number of rotatable bonds is 3. The first-order valence-corrected chi connectivity index (χ1v) is 6.95. The quantitative estimate of drug-likeness (QED) is 0.912. The maximum absolute atomic E-state index is 5.44. The zero-order valence-corrected chi connectivity index (χ0v) is 11.8. The summed E-state index contributed by atoms with van der Waals surface area (Å²) in [5.41, 5.74) is 2.03. The Balaban J connectivity index is 1.81. The number of piperazine rings is 1. The van der Waals surface area contributed by atoms with Gasteiger partial charge in [-0.15, -0.1) is 0 Å². The van der Waals surface area contributed by atoms with Gasteiger partial charge in [0.25, 0.3) is 0 Å². The Labute approximate surface area is 118 Å². The molecule has 1 fully saturated rings. The smallest absolute Gasteiger partial charge is 0.244 e. The first kappa shape index (κ1) is 13.2. The number of aromatic nitrogens is 3. The van der Waals surface area contributed by atoms with Gasteiger partial charge in [-0.1, -0.05) is 5.16 Å². The van der Waals surface area contributed by atoms with Crippen molar-refractivity contribution in [2.45, 2.75) is 19.9 Å². The van der Waals surface area contributed by atoms with Crippen LogP contribution < -0.4 is 5.32 Å². The predicted molar refractivity (Wildman–Crippen MR) is 75.1 cm³/mol. The van der Waals surface area contributed by atoms with E-state index in [2.05, 4.69) is 32.3 Å². The SMILES string of the molecule is Cc1ccncc1-c1noc(C(C)N2CCNCC2)n1. The first-order valence-electron chi connectivity index (χ1n) is 6.95. The van der Waals surface area contributed by atoms with E-state index in [4.69, 9.17) is 4.52 Å². The van der Waals surface area contributed by atoms with E-state index in [0.717, 1.165) is 37.3 Å². The molecule has 0 amide bonds. The molecule has 0 saturated carbocycles. The third kappa shape index (κ3) is 2.57. The standard InChI is InChI=1S/C14H19N5O/c1-10-3-4-16-9-12(10)13-17-14(20-18-13)11(2)19-7-5-15-6-8-19/h3-4,9,11,15H,5-8H2,1-2H3. The predicted octanol–water partition coefficient (Wildman–Crippen LogP) is 1.41. The Morgan fingerprint density at radius 1 is 1.35 bits per heavy atom. The van der Waals surface area contributed by atoms with Gasteiger partial charge < -0.3 is 9.84 Å². The van der Waals surface area contributed by atoms with Gasteiger partial charge in [-0.2, -0.15) is 4.98 Å². The van der Waals surface area contributed by atoms with Crippen molar-refractivity contribution in [1.29, 1.82) is 0 Å². The van der Waals surface area contributed by atoms with E-state index in [1.54, 1.807) is 12.4 Å². The maximum atomic E-state index is 5.44. The monoisotopic (exact) mass is 273 g/mol. The minimum atomic E-state index is 0.148. The van der Waals surface area contributed by atoms with Crippen molar-refractivity contribution in [2.75, 3.05) is 26.2 Å². The van der Waals surface area contributed by atoms with E-state index in [1.807, 2.05) is 13.0 Å². The molecule has 1 aliphatic rings. The Morgan fingerprint density at radius 3 is 2.90 bits per heavy atom. The summed E-state index contributed by atoms with van der Waals surface area (Å²) < 4.78 is 5.44. The van der Waals surface area contributed by atoms with E-state index in [0.29, 0.717) is 11.7 Å². The number of pyridine rings is 1. The summed E-state index contributed by atoms with van der Waals surface area (Å²) >= 11 is 0. The summed E-state index contributed by atoms with van der Waals surface area (Å²) in [4.78, 5) is 11.0. The summed E-state index contributed by atoms with van der Waals surface area (Å²) in [6.45, 7) is 8.15. The number of nitrogens with one attached hydrogen (secondary N) is 1. The first-order chi connectivity index (χ1) is 9.75. The van der Waals surface area contributed by atoms with Crippen LogP contribution >= 0.6 is 0 Å². The summed E-state index contributed by atoms with van der Waals surface area (Å²) in [6.07, 6.45) is 3.54. The van der Waals surface area contributed by atoms with E-state index in [-0.39, 0.29) is 6.04 Å². The van der Waals surface area contributed by atoms with Gasteiger partial charge in [-0.25, -0.2) is 0 Å². The number of aryl methyl sites for hydroxylation is 1. The van der Waals surface area contributed by atoms with Gasteiger partial charge in [-0.05, 0) is 25.5 Å².